The zero-order valence-electron chi connectivity index (χ0n) is 12.2. The van der Waals surface area contributed by atoms with Crippen LogP contribution in [0, 0.1) is 0 Å². The predicted octanol–water partition coefficient (Wildman–Crippen LogP) is 3.67. The molecule has 0 heterocycles. The van der Waals surface area contributed by atoms with Crippen LogP contribution in [0.25, 0.3) is 0 Å². The van der Waals surface area contributed by atoms with E-state index in [9.17, 15) is 0 Å². The number of benzene rings is 1. The summed E-state index contributed by atoms with van der Waals surface area (Å²) >= 11 is 3.60. The van der Waals surface area contributed by atoms with Crippen LogP contribution in [-0.4, -0.2) is 31.2 Å². The van der Waals surface area contributed by atoms with Gasteiger partial charge in [-0.05, 0) is 25.0 Å². The van der Waals surface area contributed by atoms with Gasteiger partial charge in [-0.2, -0.15) is 0 Å². The SMILES string of the molecule is CCC(CC)N(CCOC)Cc1c(N)cccc1Br. The number of hydrogen-bond acceptors (Lipinski definition) is 3. The van der Waals surface area contributed by atoms with Gasteiger partial charge in [0.15, 0.2) is 0 Å². The van der Waals surface area contributed by atoms with Crippen LogP contribution < -0.4 is 5.73 Å². The molecule has 1 aromatic rings. The molecule has 0 atom stereocenters. The van der Waals surface area contributed by atoms with Gasteiger partial charge in [0.05, 0.1) is 6.61 Å². The van der Waals surface area contributed by atoms with Gasteiger partial charge in [-0.3, -0.25) is 4.90 Å². The standard InChI is InChI=1S/C15H25BrN2O/c1-4-12(5-2)18(9-10-19-3)11-13-14(16)7-6-8-15(13)17/h6-8,12H,4-5,9-11,17H2,1-3H3. The first-order chi connectivity index (χ1) is 9.13. The Balaban J connectivity index is 2.86. The van der Waals surface area contributed by atoms with Crippen LogP contribution in [0.4, 0.5) is 5.69 Å². The molecule has 2 N–H and O–H groups in total. The Morgan fingerprint density at radius 2 is 2.00 bits per heavy atom. The van der Waals surface area contributed by atoms with Crippen LogP contribution in [0.5, 0.6) is 0 Å². The maximum Gasteiger partial charge on any atom is 0.0589 e. The average molecular weight is 329 g/mol. The first-order valence-electron chi connectivity index (χ1n) is 6.89. The number of nitrogens with two attached hydrogens (primary N) is 1. The van der Waals surface area contributed by atoms with Crippen LogP contribution in [0.3, 0.4) is 0 Å². The van der Waals surface area contributed by atoms with Gasteiger partial charge < -0.3 is 10.5 Å². The summed E-state index contributed by atoms with van der Waals surface area (Å²) < 4.78 is 6.31. The molecule has 0 fully saturated rings. The number of nitrogens with zero attached hydrogens (tertiary/aromatic N) is 1. The van der Waals surface area contributed by atoms with E-state index in [1.54, 1.807) is 7.11 Å². The summed E-state index contributed by atoms with van der Waals surface area (Å²) in [7, 11) is 1.75. The van der Waals surface area contributed by atoms with Crippen LogP contribution in [0.2, 0.25) is 0 Å². The summed E-state index contributed by atoms with van der Waals surface area (Å²) in [5, 5.41) is 0. The first kappa shape index (κ1) is 16.5. The van der Waals surface area contributed by atoms with Crippen molar-refractivity contribution in [2.45, 2.75) is 39.3 Å². The van der Waals surface area contributed by atoms with Gasteiger partial charge in [0, 0.05) is 42.0 Å². The molecule has 1 rings (SSSR count). The fourth-order valence-electron chi connectivity index (χ4n) is 2.35. The third-order valence-corrected chi connectivity index (χ3v) is 4.30. The fourth-order valence-corrected chi connectivity index (χ4v) is 2.86. The Labute approximate surface area is 125 Å². The Hall–Kier alpha value is -0.580. The van der Waals surface area contributed by atoms with Gasteiger partial charge >= 0.3 is 0 Å². The highest BCUT2D eigenvalue weighted by Crippen LogP contribution is 2.25. The molecule has 1 aromatic carbocycles. The van der Waals surface area contributed by atoms with Crippen LogP contribution in [0.1, 0.15) is 32.3 Å². The molecule has 0 bridgehead atoms. The topological polar surface area (TPSA) is 38.5 Å². The lowest BCUT2D eigenvalue weighted by molar-refractivity contribution is 0.110. The highest BCUT2D eigenvalue weighted by molar-refractivity contribution is 9.10. The number of hydrogen-bond donors (Lipinski definition) is 1. The molecule has 3 nitrogen and oxygen atoms in total. The molecular weight excluding hydrogens is 304 g/mol. The van der Waals surface area contributed by atoms with Crippen molar-refractivity contribution in [3.63, 3.8) is 0 Å². The molecular formula is C15H25BrN2O. The molecule has 0 aliphatic carbocycles. The van der Waals surface area contributed by atoms with Gasteiger partial charge in [0.1, 0.15) is 0 Å². The van der Waals surface area contributed by atoms with E-state index in [1.165, 1.54) is 5.56 Å². The second-order valence-electron chi connectivity index (χ2n) is 4.74. The molecule has 0 amide bonds. The highest BCUT2D eigenvalue weighted by Gasteiger charge is 2.17. The lowest BCUT2D eigenvalue weighted by atomic mass is 10.1. The first-order valence-corrected chi connectivity index (χ1v) is 7.69. The lowest BCUT2D eigenvalue weighted by Gasteiger charge is -2.31. The second-order valence-corrected chi connectivity index (χ2v) is 5.60. The number of ether oxygens (including phenoxy) is 1. The maximum absolute atomic E-state index is 6.09. The van der Waals surface area contributed by atoms with Crippen molar-refractivity contribution in [2.75, 3.05) is 26.0 Å². The minimum Gasteiger partial charge on any atom is -0.398 e. The van der Waals surface area contributed by atoms with Crippen LogP contribution >= 0.6 is 15.9 Å². The van der Waals surface area contributed by atoms with E-state index in [4.69, 9.17) is 10.5 Å². The minimum atomic E-state index is 0.571. The minimum absolute atomic E-state index is 0.571. The molecule has 0 unspecified atom stereocenters. The average Bonchev–Trinajstić information content (AvgIpc) is 2.40. The third-order valence-electron chi connectivity index (χ3n) is 3.56. The Bertz CT molecular complexity index is 360. The molecule has 19 heavy (non-hydrogen) atoms. The molecule has 0 saturated heterocycles. The smallest absolute Gasteiger partial charge is 0.0589 e. The molecule has 0 aromatic heterocycles. The van der Waals surface area contributed by atoms with E-state index in [-0.39, 0.29) is 0 Å². The lowest BCUT2D eigenvalue weighted by Crippen LogP contribution is -2.36. The summed E-state index contributed by atoms with van der Waals surface area (Å²) in [5.74, 6) is 0. The molecule has 108 valence electrons. The summed E-state index contributed by atoms with van der Waals surface area (Å²) in [5.41, 5.74) is 8.12. The van der Waals surface area contributed by atoms with Crippen molar-refractivity contribution in [3.05, 3.63) is 28.2 Å². The molecule has 4 heteroatoms. The highest BCUT2D eigenvalue weighted by atomic mass is 79.9. The maximum atomic E-state index is 6.09. The van der Waals surface area contributed by atoms with Gasteiger partial charge in [-0.25, -0.2) is 0 Å². The number of anilines is 1. The zero-order chi connectivity index (χ0) is 14.3. The number of nitrogen functional groups attached to an aromatic ring is 1. The Kier molecular flexibility index (Phi) is 7.42. The molecule has 0 aliphatic heterocycles. The number of rotatable bonds is 8. The largest absolute Gasteiger partial charge is 0.398 e. The Morgan fingerprint density at radius 1 is 1.32 bits per heavy atom. The van der Waals surface area contributed by atoms with E-state index in [0.29, 0.717) is 6.04 Å². The van der Waals surface area contributed by atoms with Gasteiger partial charge in [0.25, 0.3) is 0 Å². The third kappa shape index (κ3) is 4.79. The van der Waals surface area contributed by atoms with E-state index >= 15 is 0 Å². The van der Waals surface area contributed by atoms with E-state index in [1.807, 2.05) is 18.2 Å². The summed E-state index contributed by atoms with van der Waals surface area (Å²) in [4.78, 5) is 2.46. The summed E-state index contributed by atoms with van der Waals surface area (Å²) in [6, 6.07) is 6.55. The molecule has 0 aliphatic rings. The number of methoxy groups -OCH3 is 1. The van der Waals surface area contributed by atoms with Gasteiger partial charge in [-0.1, -0.05) is 35.8 Å². The molecule has 0 saturated carbocycles. The van der Waals surface area contributed by atoms with Crippen molar-refractivity contribution >= 4 is 21.6 Å². The van der Waals surface area contributed by atoms with E-state index < -0.39 is 0 Å². The quantitative estimate of drug-likeness (QED) is 0.740. The summed E-state index contributed by atoms with van der Waals surface area (Å²) in [6.45, 7) is 7.02. The van der Waals surface area contributed by atoms with Crippen molar-refractivity contribution in [3.8, 4) is 0 Å². The van der Waals surface area contributed by atoms with Crippen LogP contribution in [0.15, 0.2) is 22.7 Å². The Morgan fingerprint density at radius 3 is 2.53 bits per heavy atom. The number of halogens is 1. The predicted molar refractivity (Wildman–Crippen MR) is 85.2 cm³/mol. The van der Waals surface area contributed by atoms with Crippen molar-refractivity contribution < 1.29 is 4.74 Å². The van der Waals surface area contributed by atoms with Crippen molar-refractivity contribution in [1.29, 1.82) is 0 Å². The normalized spacial score (nSPS) is 11.5. The molecule has 0 radical (unpaired) electrons. The van der Waals surface area contributed by atoms with Crippen molar-refractivity contribution in [2.24, 2.45) is 0 Å². The molecule has 0 spiro atoms. The van der Waals surface area contributed by atoms with E-state index in [0.717, 1.165) is 42.7 Å². The van der Waals surface area contributed by atoms with E-state index in [2.05, 4.69) is 34.7 Å². The second kappa shape index (κ2) is 8.56. The van der Waals surface area contributed by atoms with Crippen molar-refractivity contribution in [1.82, 2.24) is 4.90 Å². The fraction of sp³-hybridized carbons (Fsp3) is 0.600. The summed E-state index contributed by atoms with van der Waals surface area (Å²) in [6.07, 6.45) is 2.29. The van der Waals surface area contributed by atoms with Crippen LogP contribution in [-0.2, 0) is 11.3 Å². The monoisotopic (exact) mass is 328 g/mol. The zero-order valence-corrected chi connectivity index (χ0v) is 13.7. The van der Waals surface area contributed by atoms with Gasteiger partial charge in [-0.15, -0.1) is 0 Å². The van der Waals surface area contributed by atoms with Gasteiger partial charge in [0.2, 0.25) is 0 Å².